The molecule has 0 saturated heterocycles. The maximum Gasteiger partial charge on any atom is 0.205 e. The first-order chi connectivity index (χ1) is 10.1. The first-order valence-corrected chi connectivity index (χ1v) is 7.61. The van der Waals surface area contributed by atoms with E-state index in [4.69, 9.17) is 0 Å². The molecule has 0 unspecified atom stereocenters. The van der Waals surface area contributed by atoms with Crippen LogP contribution in [0.4, 0.5) is 0 Å². The number of halogens is 1. The van der Waals surface area contributed by atoms with Gasteiger partial charge in [0.05, 0.1) is 5.69 Å². The maximum atomic E-state index is 4.35. The van der Waals surface area contributed by atoms with Crippen LogP contribution in [0.15, 0.2) is 47.2 Å². The van der Waals surface area contributed by atoms with Gasteiger partial charge in [-0.15, -0.1) is 10.2 Å². The Balaban J connectivity index is 2.25. The molecule has 0 aliphatic rings. The van der Waals surface area contributed by atoms with Gasteiger partial charge >= 0.3 is 0 Å². The second-order valence-electron chi connectivity index (χ2n) is 5.29. The highest BCUT2D eigenvalue weighted by molar-refractivity contribution is 9.10. The van der Waals surface area contributed by atoms with Crippen molar-refractivity contribution in [3.05, 3.63) is 63.9 Å². The molecule has 0 bridgehead atoms. The highest BCUT2D eigenvalue weighted by atomic mass is 79.9. The lowest BCUT2D eigenvalue weighted by Gasteiger charge is -2.11. The summed E-state index contributed by atoms with van der Waals surface area (Å²) in [5, 5.41) is 8.55. The van der Waals surface area contributed by atoms with Gasteiger partial charge in [-0.2, -0.15) is 0 Å². The average molecular weight is 342 g/mol. The molecule has 3 aromatic rings. The van der Waals surface area contributed by atoms with Gasteiger partial charge in [-0.25, -0.2) is 0 Å². The monoisotopic (exact) mass is 341 g/mol. The molecule has 0 saturated carbocycles. The highest BCUT2D eigenvalue weighted by Crippen LogP contribution is 2.28. The first-order valence-electron chi connectivity index (χ1n) is 6.82. The summed E-state index contributed by atoms with van der Waals surface area (Å²) in [6.07, 6.45) is 0. The van der Waals surface area contributed by atoms with Crippen LogP contribution in [0.1, 0.15) is 16.7 Å². The average Bonchev–Trinajstić information content (AvgIpc) is 2.80. The van der Waals surface area contributed by atoms with E-state index >= 15 is 0 Å². The summed E-state index contributed by atoms with van der Waals surface area (Å²) in [6, 6.07) is 14.7. The van der Waals surface area contributed by atoms with E-state index in [0.717, 1.165) is 17.1 Å². The maximum absolute atomic E-state index is 4.35. The van der Waals surface area contributed by atoms with Gasteiger partial charge in [0, 0.05) is 5.56 Å². The number of hydrogen-bond acceptors (Lipinski definition) is 2. The van der Waals surface area contributed by atoms with Crippen molar-refractivity contribution >= 4 is 15.9 Å². The Morgan fingerprint density at radius 2 is 1.57 bits per heavy atom. The minimum atomic E-state index is 0.714. The Labute approximate surface area is 132 Å². The van der Waals surface area contributed by atoms with Gasteiger partial charge < -0.3 is 0 Å². The van der Waals surface area contributed by atoms with Crippen LogP contribution in [0.3, 0.4) is 0 Å². The molecule has 0 fully saturated rings. The van der Waals surface area contributed by atoms with E-state index in [2.05, 4.69) is 77.2 Å². The van der Waals surface area contributed by atoms with E-state index in [0.29, 0.717) is 4.73 Å². The zero-order valence-electron chi connectivity index (χ0n) is 12.3. The fourth-order valence-electron chi connectivity index (χ4n) is 2.57. The second kappa shape index (κ2) is 5.45. The highest BCUT2D eigenvalue weighted by Gasteiger charge is 2.15. The molecule has 106 valence electrons. The number of benzene rings is 2. The molecule has 0 amide bonds. The molecule has 0 aliphatic heterocycles. The van der Waals surface area contributed by atoms with Gasteiger partial charge in [0.2, 0.25) is 4.73 Å². The summed E-state index contributed by atoms with van der Waals surface area (Å²) in [7, 11) is 0. The smallest absolute Gasteiger partial charge is 0.205 e. The van der Waals surface area contributed by atoms with E-state index in [-0.39, 0.29) is 0 Å². The molecular formula is C17H16BrN3. The van der Waals surface area contributed by atoms with E-state index in [1.165, 1.54) is 16.7 Å². The Hall–Kier alpha value is -1.94. The number of rotatable bonds is 2. The van der Waals surface area contributed by atoms with Crippen LogP contribution < -0.4 is 0 Å². The Bertz CT molecular complexity index is 785. The van der Waals surface area contributed by atoms with Crippen LogP contribution in [0.5, 0.6) is 0 Å². The van der Waals surface area contributed by atoms with Crippen molar-refractivity contribution in [3.63, 3.8) is 0 Å². The summed E-state index contributed by atoms with van der Waals surface area (Å²) in [6.45, 7) is 6.29. The third kappa shape index (κ3) is 2.63. The lowest BCUT2D eigenvalue weighted by molar-refractivity contribution is 1.01. The summed E-state index contributed by atoms with van der Waals surface area (Å²) in [5.74, 6) is 0.852. The third-order valence-electron chi connectivity index (χ3n) is 3.47. The van der Waals surface area contributed by atoms with Crippen molar-refractivity contribution in [2.24, 2.45) is 0 Å². The summed E-state index contributed by atoms with van der Waals surface area (Å²) in [4.78, 5) is 0. The van der Waals surface area contributed by atoms with Gasteiger partial charge in [0.15, 0.2) is 5.82 Å². The predicted octanol–water partition coefficient (Wildman–Crippen LogP) is 4.62. The van der Waals surface area contributed by atoms with E-state index in [9.17, 15) is 0 Å². The van der Waals surface area contributed by atoms with E-state index in [1.807, 2.05) is 16.7 Å². The number of aryl methyl sites for hydroxylation is 3. The molecule has 3 rings (SSSR count). The minimum absolute atomic E-state index is 0.714. The molecule has 21 heavy (non-hydrogen) atoms. The van der Waals surface area contributed by atoms with Gasteiger partial charge in [-0.3, -0.25) is 4.57 Å². The zero-order chi connectivity index (χ0) is 15.0. The normalized spacial score (nSPS) is 10.9. The van der Waals surface area contributed by atoms with Crippen LogP contribution in [0, 0.1) is 20.8 Å². The van der Waals surface area contributed by atoms with Crippen molar-refractivity contribution in [1.29, 1.82) is 0 Å². The Kier molecular flexibility index (Phi) is 3.64. The number of hydrogen-bond donors (Lipinski definition) is 0. The summed E-state index contributed by atoms with van der Waals surface area (Å²) >= 11 is 3.51. The van der Waals surface area contributed by atoms with E-state index in [1.54, 1.807) is 0 Å². The fraction of sp³-hybridized carbons (Fsp3) is 0.176. The molecule has 0 atom stereocenters. The molecule has 4 heteroatoms. The molecular weight excluding hydrogens is 326 g/mol. The van der Waals surface area contributed by atoms with E-state index < -0.39 is 0 Å². The first kappa shape index (κ1) is 14.0. The minimum Gasteiger partial charge on any atom is -0.270 e. The summed E-state index contributed by atoms with van der Waals surface area (Å²) in [5.41, 5.74) is 5.79. The zero-order valence-corrected chi connectivity index (χ0v) is 13.8. The van der Waals surface area contributed by atoms with Crippen molar-refractivity contribution in [2.45, 2.75) is 20.8 Å². The van der Waals surface area contributed by atoms with Crippen LogP contribution in [0.25, 0.3) is 17.1 Å². The van der Waals surface area contributed by atoms with Crippen molar-refractivity contribution < 1.29 is 0 Å². The molecule has 0 radical (unpaired) electrons. The topological polar surface area (TPSA) is 30.7 Å². The number of nitrogens with zero attached hydrogens (tertiary/aromatic N) is 3. The largest absolute Gasteiger partial charge is 0.270 e. The standard InChI is InChI=1S/C17H16BrN3/c1-11-8-12(2)10-14(9-11)21-16(19-20-17(21)18)15-7-5-4-6-13(15)3/h4-10H,1-3H3. The Morgan fingerprint density at radius 3 is 2.24 bits per heavy atom. The molecule has 0 N–H and O–H groups in total. The van der Waals surface area contributed by atoms with Gasteiger partial charge in [0.1, 0.15) is 0 Å². The Morgan fingerprint density at radius 1 is 0.905 bits per heavy atom. The molecule has 0 aliphatic carbocycles. The second-order valence-corrected chi connectivity index (χ2v) is 6.00. The summed E-state index contributed by atoms with van der Waals surface area (Å²) < 4.78 is 2.76. The van der Waals surface area contributed by atoms with Crippen LogP contribution >= 0.6 is 15.9 Å². The van der Waals surface area contributed by atoms with Gasteiger partial charge in [0.25, 0.3) is 0 Å². The van der Waals surface area contributed by atoms with Crippen LogP contribution in [0.2, 0.25) is 0 Å². The lowest BCUT2D eigenvalue weighted by atomic mass is 10.1. The fourth-order valence-corrected chi connectivity index (χ4v) is 3.02. The SMILES string of the molecule is Cc1cc(C)cc(-n2c(Br)nnc2-c2ccccc2C)c1. The predicted molar refractivity (Wildman–Crippen MR) is 88.7 cm³/mol. The molecule has 1 heterocycles. The van der Waals surface area contributed by atoms with Gasteiger partial charge in [-0.05, 0) is 65.5 Å². The van der Waals surface area contributed by atoms with Crippen molar-refractivity contribution in [2.75, 3.05) is 0 Å². The number of aromatic nitrogens is 3. The molecule has 1 aromatic heterocycles. The van der Waals surface area contributed by atoms with Crippen molar-refractivity contribution in [1.82, 2.24) is 14.8 Å². The molecule has 3 nitrogen and oxygen atoms in total. The van der Waals surface area contributed by atoms with Gasteiger partial charge in [-0.1, -0.05) is 30.3 Å². The van der Waals surface area contributed by atoms with Crippen LogP contribution in [-0.2, 0) is 0 Å². The third-order valence-corrected chi connectivity index (χ3v) is 3.99. The lowest BCUT2D eigenvalue weighted by Crippen LogP contribution is -2.00. The molecule has 0 spiro atoms. The quantitative estimate of drug-likeness (QED) is 0.680. The van der Waals surface area contributed by atoms with Crippen LogP contribution in [-0.4, -0.2) is 14.8 Å². The molecule has 2 aromatic carbocycles. The van der Waals surface area contributed by atoms with Crippen molar-refractivity contribution in [3.8, 4) is 17.1 Å².